The van der Waals surface area contributed by atoms with E-state index in [0.29, 0.717) is 31.7 Å². The fraction of sp³-hybridized carbons (Fsp3) is 0.545. The number of amides is 1. The number of piperidine rings is 1. The van der Waals surface area contributed by atoms with E-state index in [2.05, 4.69) is 9.97 Å². The van der Waals surface area contributed by atoms with Crippen molar-refractivity contribution in [1.82, 2.24) is 9.97 Å². The highest BCUT2D eigenvalue weighted by molar-refractivity contribution is 5.77. The minimum Gasteiger partial charge on any atom is -0.489 e. The van der Waals surface area contributed by atoms with Crippen LogP contribution in [0.25, 0.3) is 0 Å². The Morgan fingerprint density at radius 3 is 2.78 bits per heavy atom. The number of carbonyl (C=O) groups excluding carboxylic acids is 1. The lowest BCUT2D eigenvalue weighted by atomic mass is 9.96. The summed E-state index contributed by atoms with van der Waals surface area (Å²) < 4.78 is 5.06. The van der Waals surface area contributed by atoms with Gasteiger partial charge in [0, 0.05) is 19.0 Å². The van der Waals surface area contributed by atoms with Gasteiger partial charge >= 0.3 is 0 Å². The number of methoxy groups -OCH3 is 1. The van der Waals surface area contributed by atoms with Crippen molar-refractivity contribution in [2.24, 2.45) is 11.7 Å². The number of nitrogens with two attached hydrogens (primary N) is 1. The van der Waals surface area contributed by atoms with Gasteiger partial charge in [-0.15, -0.1) is 0 Å². The van der Waals surface area contributed by atoms with Crippen LogP contribution < -0.4 is 20.9 Å². The van der Waals surface area contributed by atoms with E-state index in [0.717, 1.165) is 0 Å². The van der Waals surface area contributed by atoms with Crippen molar-refractivity contribution >= 4 is 11.7 Å². The van der Waals surface area contributed by atoms with E-state index in [1.54, 1.807) is 0 Å². The van der Waals surface area contributed by atoms with Crippen LogP contribution in [0.1, 0.15) is 12.8 Å². The van der Waals surface area contributed by atoms with Gasteiger partial charge in [0.25, 0.3) is 5.56 Å². The summed E-state index contributed by atoms with van der Waals surface area (Å²) in [7, 11) is 1.44. The average Bonchev–Trinajstić information content (AvgIpc) is 2.38. The molecule has 0 atom stereocenters. The summed E-state index contributed by atoms with van der Waals surface area (Å²) in [5.41, 5.74) is 4.97. The Labute approximate surface area is 104 Å². The van der Waals surface area contributed by atoms with Crippen LogP contribution in [0, 0.1) is 5.92 Å². The molecule has 7 heteroatoms. The number of hydrogen-bond acceptors (Lipinski definition) is 5. The molecular weight excluding hydrogens is 236 g/mol. The van der Waals surface area contributed by atoms with Crippen LogP contribution in [0.3, 0.4) is 0 Å². The molecule has 2 rings (SSSR count). The van der Waals surface area contributed by atoms with E-state index in [4.69, 9.17) is 10.5 Å². The molecule has 98 valence electrons. The Morgan fingerprint density at radius 1 is 1.56 bits per heavy atom. The molecule has 1 aromatic heterocycles. The molecule has 1 amide bonds. The van der Waals surface area contributed by atoms with Crippen molar-refractivity contribution in [3.05, 3.63) is 16.7 Å². The maximum Gasteiger partial charge on any atom is 0.295 e. The summed E-state index contributed by atoms with van der Waals surface area (Å²) >= 11 is 0. The van der Waals surface area contributed by atoms with Crippen LogP contribution >= 0.6 is 0 Å². The number of aromatic nitrogens is 2. The number of H-pyrrole nitrogens is 1. The van der Waals surface area contributed by atoms with Gasteiger partial charge in [0.05, 0.1) is 13.4 Å². The van der Waals surface area contributed by atoms with Gasteiger partial charge in [-0.1, -0.05) is 0 Å². The summed E-state index contributed by atoms with van der Waals surface area (Å²) in [6.45, 7) is 1.28. The second kappa shape index (κ2) is 5.07. The highest BCUT2D eigenvalue weighted by Gasteiger charge is 2.26. The number of carbonyl (C=O) groups is 1. The van der Waals surface area contributed by atoms with E-state index in [1.165, 1.54) is 13.4 Å². The van der Waals surface area contributed by atoms with E-state index in [-0.39, 0.29) is 23.1 Å². The third-order valence-corrected chi connectivity index (χ3v) is 3.19. The first-order valence-corrected chi connectivity index (χ1v) is 5.79. The standard InChI is InChI=1S/C11H16N4O3/c1-18-8-10(13-6-14-11(8)17)15-4-2-7(3-5-15)9(12)16/h6-7H,2-5H2,1H3,(H2,12,16)(H,13,14,17). The summed E-state index contributed by atoms with van der Waals surface area (Å²) in [6.07, 6.45) is 2.69. The van der Waals surface area contributed by atoms with Crippen LogP contribution in [-0.2, 0) is 4.79 Å². The van der Waals surface area contributed by atoms with E-state index < -0.39 is 0 Å². The molecule has 0 aliphatic carbocycles. The zero-order valence-electron chi connectivity index (χ0n) is 10.2. The van der Waals surface area contributed by atoms with Crippen molar-refractivity contribution in [2.45, 2.75) is 12.8 Å². The Hall–Kier alpha value is -2.05. The lowest BCUT2D eigenvalue weighted by molar-refractivity contribution is -0.122. The normalized spacial score (nSPS) is 16.6. The van der Waals surface area contributed by atoms with Gasteiger partial charge in [-0.25, -0.2) is 4.98 Å². The van der Waals surface area contributed by atoms with Gasteiger partial charge < -0.3 is 20.4 Å². The van der Waals surface area contributed by atoms with Crippen molar-refractivity contribution in [3.63, 3.8) is 0 Å². The molecule has 18 heavy (non-hydrogen) atoms. The van der Waals surface area contributed by atoms with E-state index >= 15 is 0 Å². The maximum atomic E-state index is 11.6. The first-order chi connectivity index (χ1) is 8.63. The van der Waals surface area contributed by atoms with Crippen molar-refractivity contribution in [1.29, 1.82) is 0 Å². The average molecular weight is 252 g/mol. The number of aromatic amines is 1. The zero-order chi connectivity index (χ0) is 13.1. The molecule has 0 saturated carbocycles. The van der Waals surface area contributed by atoms with Gasteiger partial charge in [-0.2, -0.15) is 0 Å². The minimum absolute atomic E-state index is 0.0887. The van der Waals surface area contributed by atoms with Crippen LogP contribution in [0.2, 0.25) is 0 Å². The Bertz CT molecular complexity index is 491. The van der Waals surface area contributed by atoms with Gasteiger partial charge in [-0.3, -0.25) is 9.59 Å². The monoisotopic (exact) mass is 252 g/mol. The summed E-state index contributed by atoms with van der Waals surface area (Å²) in [6, 6.07) is 0. The topological polar surface area (TPSA) is 101 Å². The Kier molecular flexibility index (Phi) is 3.50. The van der Waals surface area contributed by atoms with Crippen molar-refractivity contribution in [3.8, 4) is 5.75 Å². The predicted molar refractivity (Wildman–Crippen MR) is 65.5 cm³/mol. The number of ether oxygens (including phenoxy) is 1. The molecular formula is C11H16N4O3. The fourth-order valence-corrected chi connectivity index (χ4v) is 2.16. The molecule has 0 bridgehead atoms. The van der Waals surface area contributed by atoms with Crippen LogP contribution in [-0.4, -0.2) is 36.1 Å². The number of nitrogens with zero attached hydrogens (tertiary/aromatic N) is 2. The number of nitrogens with one attached hydrogen (secondary N) is 1. The maximum absolute atomic E-state index is 11.6. The lowest BCUT2D eigenvalue weighted by Crippen LogP contribution is -2.39. The second-order valence-electron chi connectivity index (χ2n) is 4.25. The zero-order valence-corrected chi connectivity index (χ0v) is 10.2. The molecule has 1 aliphatic heterocycles. The molecule has 0 unspecified atom stereocenters. The predicted octanol–water partition coefficient (Wildman–Crippen LogP) is -0.520. The molecule has 2 heterocycles. The van der Waals surface area contributed by atoms with Crippen LogP contribution in [0.4, 0.5) is 5.82 Å². The van der Waals surface area contributed by atoms with Crippen LogP contribution in [0.5, 0.6) is 5.75 Å². The first kappa shape index (κ1) is 12.4. The molecule has 0 radical (unpaired) electrons. The van der Waals surface area contributed by atoms with Crippen molar-refractivity contribution < 1.29 is 9.53 Å². The number of rotatable bonds is 3. The molecule has 1 aliphatic rings. The lowest BCUT2D eigenvalue weighted by Gasteiger charge is -2.31. The third-order valence-electron chi connectivity index (χ3n) is 3.19. The molecule has 1 saturated heterocycles. The van der Waals surface area contributed by atoms with Gasteiger partial charge in [0.15, 0.2) is 5.82 Å². The highest BCUT2D eigenvalue weighted by atomic mass is 16.5. The molecule has 0 aromatic carbocycles. The molecule has 3 N–H and O–H groups in total. The number of primary amides is 1. The van der Waals surface area contributed by atoms with E-state index in [1.807, 2.05) is 4.90 Å². The molecule has 0 spiro atoms. The molecule has 7 nitrogen and oxygen atoms in total. The van der Waals surface area contributed by atoms with Crippen molar-refractivity contribution in [2.75, 3.05) is 25.1 Å². The number of anilines is 1. The van der Waals surface area contributed by atoms with Gasteiger partial charge in [0.1, 0.15) is 0 Å². The first-order valence-electron chi connectivity index (χ1n) is 5.79. The summed E-state index contributed by atoms with van der Waals surface area (Å²) in [5, 5.41) is 0. The Balaban J connectivity index is 2.17. The molecule has 1 fully saturated rings. The van der Waals surface area contributed by atoms with E-state index in [9.17, 15) is 9.59 Å². The Morgan fingerprint density at radius 2 is 2.22 bits per heavy atom. The second-order valence-corrected chi connectivity index (χ2v) is 4.25. The van der Waals surface area contributed by atoms with Gasteiger partial charge in [0.2, 0.25) is 11.7 Å². The fourth-order valence-electron chi connectivity index (χ4n) is 2.16. The largest absolute Gasteiger partial charge is 0.489 e. The molecule has 1 aromatic rings. The third kappa shape index (κ3) is 2.29. The summed E-state index contributed by atoms with van der Waals surface area (Å²) in [5.74, 6) is 0.369. The minimum atomic E-state index is -0.306. The summed E-state index contributed by atoms with van der Waals surface area (Å²) in [4.78, 5) is 31.2. The smallest absolute Gasteiger partial charge is 0.295 e. The highest BCUT2D eigenvalue weighted by Crippen LogP contribution is 2.26. The SMILES string of the molecule is COc1c(N2CCC(C(N)=O)CC2)nc[nH]c1=O. The van der Waals surface area contributed by atoms with Crippen LogP contribution in [0.15, 0.2) is 11.1 Å². The quantitative estimate of drug-likeness (QED) is 0.753. The number of hydrogen-bond donors (Lipinski definition) is 2. The van der Waals surface area contributed by atoms with Gasteiger partial charge in [-0.05, 0) is 12.8 Å².